The first-order valence-electron chi connectivity index (χ1n) is 8.45. The maximum absolute atomic E-state index is 10.8. The molecular weight excluding hydrogens is 330 g/mol. The standard InChI is InChI=1S/C20H23N3O3/c1-13(8-15(3)26-20(22)24)12-25-19-5-4-16(10-18(19)11-21)17-6-7-23-14(2)9-17/h4-7,9-10,13,15H,8,12H2,1-3H3,(H2,22,24). The minimum absolute atomic E-state index is 0.137. The second-order valence-corrected chi connectivity index (χ2v) is 6.41. The lowest BCUT2D eigenvalue weighted by molar-refractivity contribution is 0.0948. The molecule has 0 aliphatic rings. The molecular formula is C20H23N3O3. The lowest BCUT2D eigenvalue weighted by atomic mass is 10.0. The second kappa shape index (κ2) is 8.86. The number of primary amides is 1. The van der Waals surface area contributed by atoms with E-state index < -0.39 is 6.09 Å². The number of nitrogens with two attached hydrogens (primary N) is 1. The Kier molecular flexibility index (Phi) is 6.56. The average molecular weight is 353 g/mol. The molecule has 0 aliphatic carbocycles. The SMILES string of the molecule is Cc1cc(-c2ccc(OCC(C)CC(C)OC(N)=O)c(C#N)c2)ccn1. The van der Waals surface area contributed by atoms with Gasteiger partial charge in [-0.25, -0.2) is 4.79 Å². The Bertz CT molecular complexity index is 814. The van der Waals surface area contributed by atoms with Crippen molar-refractivity contribution < 1.29 is 14.3 Å². The summed E-state index contributed by atoms with van der Waals surface area (Å²) in [6, 6.07) is 11.6. The normalized spacial score (nSPS) is 12.7. The Morgan fingerprint density at radius 3 is 2.65 bits per heavy atom. The summed E-state index contributed by atoms with van der Waals surface area (Å²) in [6.45, 7) is 6.11. The van der Waals surface area contributed by atoms with E-state index in [1.54, 1.807) is 19.2 Å². The Balaban J connectivity index is 2.04. The number of aryl methyl sites for hydroxylation is 1. The fraction of sp³-hybridized carbons (Fsp3) is 0.350. The third-order valence-corrected chi connectivity index (χ3v) is 3.90. The molecule has 2 rings (SSSR count). The fourth-order valence-electron chi connectivity index (χ4n) is 2.76. The van der Waals surface area contributed by atoms with Gasteiger partial charge in [0.2, 0.25) is 0 Å². The number of amides is 1. The van der Waals surface area contributed by atoms with E-state index in [9.17, 15) is 10.1 Å². The zero-order chi connectivity index (χ0) is 19.1. The summed E-state index contributed by atoms with van der Waals surface area (Å²) in [5.41, 5.74) is 8.35. The van der Waals surface area contributed by atoms with Gasteiger partial charge in [0.05, 0.1) is 12.2 Å². The van der Waals surface area contributed by atoms with Gasteiger partial charge in [0.1, 0.15) is 17.9 Å². The Morgan fingerprint density at radius 2 is 2.00 bits per heavy atom. The highest BCUT2D eigenvalue weighted by Crippen LogP contribution is 2.27. The molecule has 0 bridgehead atoms. The zero-order valence-electron chi connectivity index (χ0n) is 15.2. The maximum atomic E-state index is 10.8. The number of aromatic nitrogens is 1. The summed E-state index contributed by atoms with van der Waals surface area (Å²) in [5.74, 6) is 0.677. The van der Waals surface area contributed by atoms with Crippen LogP contribution in [0.15, 0.2) is 36.5 Å². The monoisotopic (exact) mass is 353 g/mol. The first kappa shape index (κ1) is 19.3. The highest BCUT2D eigenvalue weighted by Gasteiger charge is 2.14. The maximum Gasteiger partial charge on any atom is 0.404 e. The lowest BCUT2D eigenvalue weighted by Gasteiger charge is -2.18. The van der Waals surface area contributed by atoms with Gasteiger partial charge in [0, 0.05) is 11.9 Å². The Labute approximate surface area is 153 Å². The highest BCUT2D eigenvalue weighted by atomic mass is 16.6. The predicted octanol–water partition coefficient (Wildman–Crippen LogP) is 3.82. The van der Waals surface area contributed by atoms with Gasteiger partial charge in [-0.3, -0.25) is 4.98 Å². The molecule has 2 N–H and O–H groups in total. The van der Waals surface area contributed by atoms with Gasteiger partial charge < -0.3 is 15.2 Å². The molecule has 1 aromatic heterocycles. The van der Waals surface area contributed by atoms with Crippen LogP contribution in [0.2, 0.25) is 0 Å². The van der Waals surface area contributed by atoms with Crippen LogP contribution < -0.4 is 10.5 Å². The van der Waals surface area contributed by atoms with E-state index >= 15 is 0 Å². The van der Waals surface area contributed by atoms with Gasteiger partial charge in [-0.2, -0.15) is 5.26 Å². The molecule has 0 saturated carbocycles. The van der Waals surface area contributed by atoms with Crippen molar-refractivity contribution >= 4 is 6.09 Å². The Morgan fingerprint density at radius 1 is 1.27 bits per heavy atom. The van der Waals surface area contributed by atoms with Gasteiger partial charge in [0.15, 0.2) is 0 Å². The summed E-state index contributed by atoms with van der Waals surface area (Å²) in [5, 5.41) is 9.44. The number of ether oxygens (including phenoxy) is 2. The first-order chi connectivity index (χ1) is 12.4. The molecule has 1 heterocycles. The number of nitriles is 1. The van der Waals surface area contributed by atoms with Crippen LogP contribution in [0.3, 0.4) is 0 Å². The highest BCUT2D eigenvalue weighted by molar-refractivity contribution is 5.67. The van der Waals surface area contributed by atoms with Crippen molar-refractivity contribution in [2.45, 2.75) is 33.3 Å². The number of hydrogen-bond acceptors (Lipinski definition) is 5. The molecule has 6 heteroatoms. The van der Waals surface area contributed by atoms with Crippen LogP contribution in [0.5, 0.6) is 5.75 Å². The minimum atomic E-state index is -0.778. The van der Waals surface area contributed by atoms with Crippen molar-refractivity contribution in [1.82, 2.24) is 4.98 Å². The van der Waals surface area contributed by atoms with E-state index in [-0.39, 0.29) is 12.0 Å². The molecule has 0 saturated heterocycles. The fourth-order valence-corrected chi connectivity index (χ4v) is 2.76. The van der Waals surface area contributed by atoms with E-state index in [0.29, 0.717) is 24.3 Å². The molecule has 26 heavy (non-hydrogen) atoms. The van der Waals surface area contributed by atoms with E-state index in [1.165, 1.54) is 0 Å². The molecule has 0 radical (unpaired) electrons. The third-order valence-electron chi connectivity index (χ3n) is 3.90. The van der Waals surface area contributed by atoms with E-state index in [1.807, 2.05) is 38.1 Å². The molecule has 1 amide bonds. The molecule has 2 atom stereocenters. The van der Waals surface area contributed by atoms with Crippen molar-refractivity contribution in [3.05, 3.63) is 47.8 Å². The predicted molar refractivity (Wildman–Crippen MR) is 98.5 cm³/mol. The van der Waals surface area contributed by atoms with Crippen molar-refractivity contribution in [2.24, 2.45) is 11.7 Å². The summed E-state index contributed by atoms with van der Waals surface area (Å²) in [4.78, 5) is 14.9. The topological polar surface area (TPSA) is 98.2 Å². The van der Waals surface area contributed by atoms with Crippen molar-refractivity contribution in [3.63, 3.8) is 0 Å². The summed E-state index contributed by atoms with van der Waals surface area (Å²) >= 11 is 0. The van der Waals surface area contributed by atoms with Crippen LogP contribution in [0.4, 0.5) is 4.79 Å². The average Bonchev–Trinajstić information content (AvgIpc) is 2.59. The number of pyridine rings is 1. The quantitative estimate of drug-likeness (QED) is 0.816. The minimum Gasteiger partial charge on any atom is -0.492 e. The van der Waals surface area contributed by atoms with Crippen LogP contribution >= 0.6 is 0 Å². The zero-order valence-corrected chi connectivity index (χ0v) is 15.2. The largest absolute Gasteiger partial charge is 0.492 e. The molecule has 6 nitrogen and oxygen atoms in total. The van der Waals surface area contributed by atoms with Crippen LogP contribution in [0.1, 0.15) is 31.5 Å². The van der Waals surface area contributed by atoms with Gasteiger partial charge in [0.25, 0.3) is 0 Å². The second-order valence-electron chi connectivity index (χ2n) is 6.41. The lowest BCUT2D eigenvalue weighted by Crippen LogP contribution is -2.23. The number of benzene rings is 1. The molecule has 0 aliphatic heterocycles. The summed E-state index contributed by atoms with van der Waals surface area (Å²) < 4.78 is 10.7. The number of hydrogen-bond donors (Lipinski definition) is 1. The van der Waals surface area contributed by atoms with Gasteiger partial charge in [-0.15, -0.1) is 0 Å². The van der Waals surface area contributed by atoms with E-state index in [0.717, 1.165) is 16.8 Å². The van der Waals surface area contributed by atoms with E-state index in [4.69, 9.17) is 15.2 Å². The summed E-state index contributed by atoms with van der Waals surface area (Å²) in [7, 11) is 0. The van der Waals surface area contributed by atoms with E-state index in [2.05, 4.69) is 11.1 Å². The molecule has 2 aromatic rings. The van der Waals surface area contributed by atoms with Crippen molar-refractivity contribution in [3.8, 4) is 22.9 Å². The van der Waals surface area contributed by atoms with Crippen LogP contribution in [0, 0.1) is 24.2 Å². The number of carbonyl (C=O) groups is 1. The smallest absolute Gasteiger partial charge is 0.404 e. The van der Waals surface area contributed by atoms with Gasteiger partial charge in [-0.05, 0) is 61.6 Å². The van der Waals surface area contributed by atoms with Crippen LogP contribution in [0.25, 0.3) is 11.1 Å². The van der Waals surface area contributed by atoms with Crippen molar-refractivity contribution in [2.75, 3.05) is 6.61 Å². The molecule has 0 spiro atoms. The third kappa shape index (κ3) is 5.49. The number of rotatable bonds is 7. The first-order valence-corrected chi connectivity index (χ1v) is 8.45. The van der Waals surface area contributed by atoms with Gasteiger partial charge in [-0.1, -0.05) is 13.0 Å². The summed E-state index contributed by atoms with van der Waals surface area (Å²) in [6.07, 6.45) is 1.32. The molecule has 136 valence electrons. The number of carbonyl (C=O) groups excluding carboxylic acids is 1. The number of nitrogens with zero attached hydrogens (tertiary/aromatic N) is 2. The molecule has 2 unspecified atom stereocenters. The van der Waals surface area contributed by atoms with Crippen LogP contribution in [-0.2, 0) is 4.74 Å². The van der Waals surface area contributed by atoms with Crippen LogP contribution in [-0.4, -0.2) is 23.8 Å². The Hall–Kier alpha value is -3.07. The van der Waals surface area contributed by atoms with Crippen molar-refractivity contribution in [1.29, 1.82) is 5.26 Å². The molecule has 0 fully saturated rings. The molecule has 1 aromatic carbocycles. The van der Waals surface area contributed by atoms with Gasteiger partial charge >= 0.3 is 6.09 Å².